The fraction of sp³-hybridized carbons (Fsp3) is 0.385. The lowest BCUT2D eigenvalue weighted by Gasteiger charge is -2.27. The number of para-hydroxylation sites is 1. The summed E-state index contributed by atoms with van der Waals surface area (Å²) in [7, 11) is 0. The molecule has 2 heterocycles. The molecule has 18 heavy (non-hydrogen) atoms. The van der Waals surface area contributed by atoms with E-state index >= 15 is 0 Å². The highest BCUT2D eigenvalue weighted by molar-refractivity contribution is 6.00. The van der Waals surface area contributed by atoms with Gasteiger partial charge >= 0.3 is 0 Å². The smallest absolute Gasteiger partial charge is 0.245 e. The summed E-state index contributed by atoms with van der Waals surface area (Å²) < 4.78 is 0. The molecule has 2 N–H and O–H groups in total. The van der Waals surface area contributed by atoms with Crippen molar-refractivity contribution in [2.75, 3.05) is 24.5 Å². The van der Waals surface area contributed by atoms with Crippen LogP contribution in [0.4, 0.5) is 5.69 Å². The molecule has 0 spiro atoms. The fourth-order valence-electron chi connectivity index (χ4n) is 2.50. The molecule has 5 heteroatoms. The summed E-state index contributed by atoms with van der Waals surface area (Å²) in [6.07, 6.45) is 0.904. The second kappa shape index (κ2) is 4.42. The molecule has 1 saturated heterocycles. The summed E-state index contributed by atoms with van der Waals surface area (Å²) in [4.78, 5) is 25.2. The van der Waals surface area contributed by atoms with Gasteiger partial charge in [-0.2, -0.15) is 0 Å². The van der Waals surface area contributed by atoms with Crippen molar-refractivity contribution >= 4 is 17.5 Å². The van der Waals surface area contributed by atoms with Crippen LogP contribution in [0.5, 0.6) is 0 Å². The first kappa shape index (κ1) is 11.2. The van der Waals surface area contributed by atoms with E-state index in [1.165, 1.54) is 5.56 Å². The molecule has 1 aromatic rings. The highest BCUT2D eigenvalue weighted by Crippen LogP contribution is 2.27. The number of fused-ring (bicyclic) bond motifs is 1. The van der Waals surface area contributed by atoms with Crippen LogP contribution >= 0.6 is 0 Å². The minimum Gasteiger partial charge on any atom is -0.353 e. The summed E-state index contributed by atoms with van der Waals surface area (Å²) in [5.41, 5.74) is 2.21. The molecule has 0 aromatic heterocycles. The van der Waals surface area contributed by atoms with E-state index in [-0.39, 0.29) is 24.4 Å². The van der Waals surface area contributed by atoms with Crippen molar-refractivity contribution in [3.8, 4) is 0 Å². The Hall–Kier alpha value is -1.88. The van der Waals surface area contributed by atoms with Crippen LogP contribution in [-0.2, 0) is 16.0 Å². The zero-order valence-electron chi connectivity index (χ0n) is 9.98. The molecule has 94 valence electrons. The zero-order chi connectivity index (χ0) is 12.5. The highest BCUT2D eigenvalue weighted by atomic mass is 16.2. The molecule has 0 aliphatic carbocycles. The number of hydrogen-bond donors (Lipinski definition) is 2. The van der Waals surface area contributed by atoms with Crippen molar-refractivity contribution in [3.05, 3.63) is 29.8 Å². The van der Waals surface area contributed by atoms with E-state index < -0.39 is 0 Å². The van der Waals surface area contributed by atoms with Gasteiger partial charge in [0.25, 0.3) is 0 Å². The van der Waals surface area contributed by atoms with Crippen molar-refractivity contribution < 1.29 is 9.59 Å². The van der Waals surface area contributed by atoms with Crippen LogP contribution in [0, 0.1) is 0 Å². The van der Waals surface area contributed by atoms with Gasteiger partial charge in [-0.05, 0) is 18.1 Å². The van der Waals surface area contributed by atoms with Gasteiger partial charge in [0.1, 0.15) is 6.04 Å². The average Bonchev–Trinajstić information content (AvgIpc) is 2.82. The molecule has 0 bridgehead atoms. The third kappa shape index (κ3) is 1.86. The molecule has 1 aromatic carbocycles. The number of benzene rings is 1. The molecular formula is C13H15N3O2. The Morgan fingerprint density at radius 3 is 2.94 bits per heavy atom. The Morgan fingerprint density at radius 1 is 1.33 bits per heavy atom. The molecule has 1 unspecified atom stereocenters. The molecular weight excluding hydrogens is 230 g/mol. The van der Waals surface area contributed by atoms with Crippen LogP contribution in [0.3, 0.4) is 0 Å². The van der Waals surface area contributed by atoms with Gasteiger partial charge in [-0.1, -0.05) is 18.2 Å². The average molecular weight is 245 g/mol. The number of nitrogens with zero attached hydrogens (tertiary/aromatic N) is 1. The Bertz CT molecular complexity index is 491. The summed E-state index contributed by atoms with van der Waals surface area (Å²) in [5.74, 6) is -0.0131. The molecule has 3 rings (SSSR count). The van der Waals surface area contributed by atoms with Crippen molar-refractivity contribution in [2.24, 2.45) is 0 Å². The van der Waals surface area contributed by atoms with Crippen molar-refractivity contribution in [1.29, 1.82) is 0 Å². The van der Waals surface area contributed by atoms with E-state index in [9.17, 15) is 9.59 Å². The summed E-state index contributed by atoms with van der Waals surface area (Å²) >= 11 is 0. The molecule has 0 saturated carbocycles. The van der Waals surface area contributed by atoms with Gasteiger partial charge < -0.3 is 10.2 Å². The number of nitrogens with one attached hydrogen (secondary N) is 2. The van der Waals surface area contributed by atoms with Gasteiger partial charge in [0.2, 0.25) is 11.8 Å². The number of piperazine rings is 1. The third-order valence-corrected chi connectivity index (χ3v) is 3.46. The monoisotopic (exact) mass is 245 g/mol. The van der Waals surface area contributed by atoms with Crippen LogP contribution in [0.1, 0.15) is 5.56 Å². The molecule has 2 aliphatic heterocycles. The predicted octanol–water partition coefficient (Wildman–Crippen LogP) is -0.336. The zero-order valence-corrected chi connectivity index (χ0v) is 9.98. The van der Waals surface area contributed by atoms with Crippen molar-refractivity contribution in [1.82, 2.24) is 10.6 Å². The van der Waals surface area contributed by atoms with E-state index in [0.717, 1.165) is 18.7 Å². The van der Waals surface area contributed by atoms with E-state index in [1.807, 2.05) is 23.1 Å². The number of rotatable bonds is 1. The molecule has 0 radical (unpaired) electrons. The van der Waals surface area contributed by atoms with Gasteiger partial charge in [0, 0.05) is 18.8 Å². The van der Waals surface area contributed by atoms with Gasteiger partial charge in [-0.3, -0.25) is 14.9 Å². The minimum absolute atomic E-state index is 0.0416. The second-order valence-corrected chi connectivity index (χ2v) is 4.61. The van der Waals surface area contributed by atoms with E-state index in [0.29, 0.717) is 6.54 Å². The Kier molecular flexibility index (Phi) is 2.76. The number of anilines is 1. The van der Waals surface area contributed by atoms with Gasteiger partial charge in [0.15, 0.2) is 0 Å². The lowest BCUT2D eigenvalue weighted by molar-refractivity contribution is -0.125. The van der Waals surface area contributed by atoms with E-state index in [2.05, 4.69) is 16.7 Å². The lowest BCUT2D eigenvalue weighted by atomic mass is 10.1. The molecule has 1 fully saturated rings. The van der Waals surface area contributed by atoms with E-state index in [1.54, 1.807) is 0 Å². The Labute approximate surface area is 105 Å². The summed E-state index contributed by atoms with van der Waals surface area (Å²) in [6.45, 7) is 1.31. The molecule has 2 amide bonds. The van der Waals surface area contributed by atoms with Crippen LogP contribution < -0.4 is 15.5 Å². The van der Waals surface area contributed by atoms with Crippen LogP contribution in [0.2, 0.25) is 0 Å². The first-order valence-electron chi connectivity index (χ1n) is 6.15. The predicted molar refractivity (Wildman–Crippen MR) is 67.3 cm³/mol. The largest absolute Gasteiger partial charge is 0.353 e. The number of hydrogen-bond acceptors (Lipinski definition) is 3. The standard InChI is InChI=1S/C13H15N3O2/c17-12-8-14-10(7-15-12)13(18)16-6-5-9-3-1-2-4-11(9)16/h1-4,10,14H,5-8H2,(H,15,17). The third-order valence-electron chi connectivity index (χ3n) is 3.46. The minimum atomic E-state index is -0.311. The topological polar surface area (TPSA) is 61.4 Å². The normalized spacial score (nSPS) is 22.6. The number of carbonyl (C=O) groups excluding carboxylic acids is 2. The fourth-order valence-corrected chi connectivity index (χ4v) is 2.50. The van der Waals surface area contributed by atoms with Gasteiger partial charge in [0.05, 0.1) is 6.54 Å². The van der Waals surface area contributed by atoms with Gasteiger partial charge in [-0.15, -0.1) is 0 Å². The maximum absolute atomic E-state index is 12.4. The molecule has 5 nitrogen and oxygen atoms in total. The second-order valence-electron chi connectivity index (χ2n) is 4.61. The molecule has 2 aliphatic rings. The highest BCUT2D eigenvalue weighted by Gasteiger charge is 2.31. The van der Waals surface area contributed by atoms with Gasteiger partial charge in [-0.25, -0.2) is 0 Å². The van der Waals surface area contributed by atoms with Crippen molar-refractivity contribution in [3.63, 3.8) is 0 Å². The Balaban J connectivity index is 1.76. The van der Waals surface area contributed by atoms with Crippen molar-refractivity contribution in [2.45, 2.75) is 12.5 Å². The number of carbonyl (C=O) groups is 2. The van der Waals surface area contributed by atoms with E-state index in [4.69, 9.17) is 0 Å². The SMILES string of the molecule is O=C1CNC(C(=O)N2CCc3ccccc32)CN1. The number of amides is 2. The maximum Gasteiger partial charge on any atom is 0.245 e. The van der Waals surface area contributed by atoms with Crippen LogP contribution in [0.25, 0.3) is 0 Å². The van der Waals surface area contributed by atoms with Crippen LogP contribution in [0.15, 0.2) is 24.3 Å². The first-order chi connectivity index (χ1) is 8.75. The lowest BCUT2D eigenvalue weighted by Crippen LogP contribution is -2.58. The first-order valence-corrected chi connectivity index (χ1v) is 6.15. The van der Waals surface area contributed by atoms with Crippen LogP contribution in [-0.4, -0.2) is 37.5 Å². The summed E-state index contributed by atoms with van der Waals surface area (Å²) in [6, 6.07) is 7.65. The maximum atomic E-state index is 12.4. The summed E-state index contributed by atoms with van der Waals surface area (Å²) in [5, 5.41) is 5.68. The Morgan fingerprint density at radius 2 is 2.17 bits per heavy atom. The quantitative estimate of drug-likeness (QED) is 0.712. The molecule has 1 atom stereocenters.